The van der Waals surface area contributed by atoms with E-state index in [-0.39, 0.29) is 16.3 Å². The highest BCUT2D eigenvalue weighted by atomic mass is 35.5. The zero-order valence-electron chi connectivity index (χ0n) is 13.3. The second kappa shape index (κ2) is 6.60. The number of nitrogens with one attached hydrogen (secondary N) is 2. The summed E-state index contributed by atoms with van der Waals surface area (Å²) in [6.07, 6.45) is 3.56. The monoisotopic (exact) mass is 362 g/mol. The van der Waals surface area contributed by atoms with Crippen LogP contribution in [-0.4, -0.2) is 21.1 Å². The van der Waals surface area contributed by atoms with Crippen molar-refractivity contribution >= 4 is 40.2 Å². The van der Waals surface area contributed by atoms with E-state index in [2.05, 4.69) is 20.5 Å². The Kier molecular flexibility index (Phi) is 4.50. The Morgan fingerprint density at radius 3 is 2.80 bits per heavy atom. The van der Waals surface area contributed by atoms with E-state index in [1.807, 2.05) is 0 Å². The molecular formula is C17H13ClF2N4O. The van der Waals surface area contributed by atoms with E-state index in [0.717, 1.165) is 12.3 Å². The number of aromatic amines is 1. The molecule has 0 fully saturated rings. The highest BCUT2D eigenvalue weighted by molar-refractivity contribution is 6.34. The third-order valence-electron chi connectivity index (χ3n) is 3.76. The fraction of sp³-hybridized carbons (Fsp3) is 0.118. The number of benzene rings is 1. The van der Waals surface area contributed by atoms with Crippen LogP contribution in [-0.2, 0) is 4.79 Å². The second-order valence-electron chi connectivity index (χ2n) is 5.44. The number of nitrogens with zero attached hydrogens (tertiary/aromatic N) is 2. The number of hydrogen-bond acceptors (Lipinski definition) is 3. The third-order valence-corrected chi connectivity index (χ3v) is 4.04. The zero-order valence-corrected chi connectivity index (χ0v) is 14.1. The molecule has 1 amide bonds. The number of carbonyl (C=O) groups is 1. The molecule has 0 saturated carbocycles. The maximum absolute atomic E-state index is 14.1. The number of anilines is 1. The molecule has 8 heteroatoms. The fourth-order valence-corrected chi connectivity index (χ4v) is 2.56. The van der Waals surface area contributed by atoms with Crippen molar-refractivity contribution in [3.63, 3.8) is 0 Å². The first-order valence-electron chi connectivity index (χ1n) is 7.30. The summed E-state index contributed by atoms with van der Waals surface area (Å²) in [5.74, 6) is -1.59. The number of rotatable bonds is 3. The van der Waals surface area contributed by atoms with E-state index in [1.165, 1.54) is 25.1 Å². The summed E-state index contributed by atoms with van der Waals surface area (Å²) in [4.78, 5) is 15.9. The molecule has 2 N–H and O–H groups in total. The number of hydrogen-bond donors (Lipinski definition) is 2. The van der Waals surface area contributed by atoms with Crippen molar-refractivity contribution in [3.8, 4) is 0 Å². The van der Waals surface area contributed by atoms with Crippen LogP contribution >= 0.6 is 11.6 Å². The zero-order chi connectivity index (χ0) is 18.1. The molecule has 25 heavy (non-hydrogen) atoms. The Balaban J connectivity index is 1.84. The SMILES string of the molecule is Cc1ncc(F)c(C)c1NC(=O)/C=C/c1cc2n[nH]c(Cl)c2cc1F. The average Bonchev–Trinajstić information content (AvgIpc) is 2.93. The summed E-state index contributed by atoms with van der Waals surface area (Å²) in [5.41, 5.74) is 1.72. The van der Waals surface area contributed by atoms with E-state index in [9.17, 15) is 13.6 Å². The number of amides is 1. The molecule has 128 valence electrons. The van der Waals surface area contributed by atoms with Crippen LogP contribution in [0, 0.1) is 25.5 Å². The van der Waals surface area contributed by atoms with Crippen LogP contribution in [0.4, 0.5) is 14.5 Å². The maximum Gasteiger partial charge on any atom is 0.248 e. The molecule has 5 nitrogen and oxygen atoms in total. The molecule has 0 spiro atoms. The molecule has 3 rings (SSSR count). The Bertz CT molecular complexity index is 1010. The lowest BCUT2D eigenvalue weighted by Crippen LogP contribution is -2.12. The molecule has 2 aromatic heterocycles. The van der Waals surface area contributed by atoms with E-state index in [1.54, 1.807) is 6.92 Å². The lowest BCUT2D eigenvalue weighted by atomic mass is 10.1. The van der Waals surface area contributed by atoms with Gasteiger partial charge in [0.2, 0.25) is 5.91 Å². The molecule has 0 radical (unpaired) electrons. The summed E-state index contributed by atoms with van der Waals surface area (Å²) >= 11 is 5.85. The van der Waals surface area contributed by atoms with Gasteiger partial charge >= 0.3 is 0 Å². The summed E-state index contributed by atoms with van der Waals surface area (Å²) in [5, 5.41) is 9.74. The van der Waals surface area contributed by atoms with Crippen molar-refractivity contribution in [3.05, 3.63) is 58.0 Å². The third kappa shape index (κ3) is 3.36. The molecule has 1 aromatic carbocycles. The molecule has 0 aliphatic carbocycles. The summed E-state index contributed by atoms with van der Waals surface area (Å²) < 4.78 is 27.7. The van der Waals surface area contributed by atoms with E-state index in [0.29, 0.717) is 22.3 Å². The van der Waals surface area contributed by atoms with Gasteiger partial charge < -0.3 is 5.32 Å². The Morgan fingerprint density at radius 1 is 1.28 bits per heavy atom. The Labute approximate surface area is 146 Å². The minimum Gasteiger partial charge on any atom is -0.321 e. The fourth-order valence-electron chi connectivity index (χ4n) is 2.36. The topological polar surface area (TPSA) is 70.7 Å². The lowest BCUT2D eigenvalue weighted by Gasteiger charge is -2.09. The molecule has 0 bridgehead atoms. The molecule has 0 aliphatic heterocycles. The molecule has 3 aromatic rings. The van der Waals surface area contributed by atoms with Crippen molar-refractivity contribution in [2.24, 2.45) is 0 Å². The van der Waals surface area contributed by atoms with E-state index >= 15 is 0 Å². The number of carbonyl (C=O) groups excluding carboxylic acids is 1. The minimum atomic E-state index is -0.542. The van der Waals surface area contributed by atoms with Gasteiger partial charge in [-0.2, -0.15) is 5.10 Å². The second-order valence-corrected chi connectivity index (χ2v) is 5.82. The predicted molar refractivity (Wildman–Crippen MR) is 92.4 cm³/mol. The van der Waals surface area contributed by atoms with Gasteiger partial charge in [0, 0.05) is 22.6 Å². The van der Waals surface area contributed by atoms with Crippen molar-refractivity contribution < 1.29 is 13.6 Å². The lowest BCUT2D eigenvalue weighted by molar-refractivity contribution is -0.111. The molecule has 0 unspecified atom stereocenters. The van der Waals surface area contributed by atoms with Gasteiger partial charge in [0.15, 0.2) is 0 Å². The number of aryl methyl sites for hydroxylation is 1. The largest absolute Gasteiger partial charge is 0.321 e. The van der Waals surface area contributed by atoms with Crippen LogP contribution in [0.25, 0.3) is 17.0 Å². The number of aromatic nitrogens is 3. The van der Waals surface area contributed by atoms with Crippen LogP contribution in [0.1, 0.15) is 16.8 Å². The highest BCUT2D eigenvalue weighted by Gasteiger charge is 2.11. The van der Waals surface area contributed by atoms with Gasteiger partial charge in [0.05, 0.1) is 23.1 Å². The normalized spacial score (nSPS) is 11.4. The maximum atomic E-state index is 14.1. The number of H-pyrrole nitrogens is 1. The number of pyridine rings is 1. The molecule has 2 heterocycles. The summed E-state index contributed by atoms with van der Waals surface area (Å²) in [6.45, 7) is 3.19. The standard InChI is InChI=1S/C17H13ClF2N4O/c1-8-13(20)7-21-9(2)16(8)22-15(25)4-3-10-5-14-11(6-12(10)19)17(18)24-23-14/h3-7H,1-2H3,(H,22,25)(H,23,24)/b4-3+. The number of halogens is 3. The van der Waals surface area contributed by atoms with Crippen LogP contribution in [0.5, 0.6) is 0 Å². The quantitative estimate of drug-likeness (QED) is 0.687. The van der Waals surface area contributed by atoms with Crippen molar-refractivity contribution in [2.45, 2.75) is 13.8 Å². The summed E-state index contributed by atoms with van der Waals surface area (Å²) in [6, 6.07) is 2.71. The summed E-state index contributed by atoms with van der Waals surface area (Å²) in [7, 11) is 0. The van der Waals surface area contributed by atoms with Crippen LogP contribution in [0.2, 0.25) is 5.15 Å². The number of fused-ring (bicyclic) bond motifs is 1. The first-order valence-corrected chi connectivity index (χ1v) is 7.68. The van der Waals surface area contributed by atoms with Gasteiger partial charge in [-0.25, -0.2) is 8.78 Å². The predicted octanol–water partition coefficient (Wildman–Crippen LogP) is 4.16. The first-order chi connectivity index (χ1) is 11.9. The van der Waals surface area contributed by atoms with Crippen LogP contribution < -0.4 is 5.32 Å². The molecule has 0 saturated heterocycles. The van der Waals surface area contributed by atoms with Gasteiger partial charge in [0.1, 0.15) is 16.8 Å². The van der Waals surface area contributed by atoms with Crippen molar-refractivity contribution in [2.75, 3.05) is 5.32 Å². The smallest absolute Gasteiger partial charge is 0.248 e. The average molecular weight is 363 g/mol. The van der Waals surface area contributed by atoms with Gasteiger partial charge in [-0.05, 0) is 32.1 Å². The van der Waals surface area contributed by atoms with Gasteiger partial charge in [0.25, 0.3) is 0 Å². The Morgan fingerprint density at radius 2 is 2.04 bits per heavy atom. The van der Waals surface area contributed by atoms with Gasteiger partial charge in [-0.3, -0.25) is 14.9 Å². The first kappa shape index (κ1) is 17.0. The molecular weight excluding hydrogens is 350 g/mol. The van der Waals surface area contributed by atoms with Gasteiger partial charge in [-0.1, -0.05) is 11.6 Å². The van der Waals surface area contributed by atoms with E-state index < -0.39 is 17.5 Å². The minimum absolute atomic E-state index is 0.177. The van der Waals surface area contributed by atoms with Crippen LogP contribution in [0.15, 0.2) is 24.4 Å². The Hall–Kier alpha value is -2.80. The molecule has 0 atom stereocenters. The van der Waals surface area contributed by atoms with Crippen LogP contribution in [0.3, 0.4) is 0 Å². The van der Waals surface area contributed by atoms with Crippen molar-refractivity contribution in [1.82, 2.24) is 15.2 Å². The van der Waals surface area contributed by atoms with E-state index in [4.69, 9.17) is 11.6 Å². The van der Waals surface area contributed by atoms with Crippen molar-refractivity contribution in [1.29, 1.82) is 0 Å². The molecule has 0 aliphatic rings. The highest BCUT2D eigenvalue weighted by Crippen LogP contribution is 2.24. The van der Waals surface area contributed by atoms with Gasteiger partial charge in [-0.15, -0.1) is 0 Å².